The Labute approximate surface area is 123 Å². The molecule has 0 radical (unpaired) electrons. The lowest BCUT2D eigenvalue weighted by atomic mass is 9.98. The Morgan fingerprint density at radius 1 is 1.45 bits per heavy atom. The van der Waals surface area contributed by atoms with E-state index in [0.717, 1.165) is 23.5 Å². The zero-order chi connectivity index (χ0) is 14.1. The fourth-order valence-corrected chi connectivity index (χ4v) is 3.98. The van der Waals surface area contributed by atoms with Crippen molar-refractivity contribution in [2.45, 2.75) is 39.2 Å². The third kappa shape index (κ3) is 2.50. The highest BCUT2D eigenvalue weighted by atomic mass is 32.1. The van der Waals surface area contributed by atoms with Crippen molar-refractivity contribution in [3.05, 3.63) is 40.2 Å². The second-order valence-electron chi connectivity index (χ2n) is 5.30. The van der Waals surface area contributed by atoms with Crippen LogP contribution >= 0.6 is 11.3 Å². The molecule has 1 aromatic carbocycles. The quantitative estimate of drug-likeness (QED) is 0.914. The highest BCUT2D eigenvalue weighted by Crippen LogP contribution is 2.38. The van der Waals surface area contributed by atoms with Crippen molar-refractivity contribution in [2.75, 3.05) is 6.54 Å². The van der Waals surface area contributed by atoms with Crippen LogP contribution in [-0.2, 0) is 6.42 Å². The average Bonchev–Trinajstić information content (AvgIpc) is 2.87. The summed E-state index contributed by atoms with van der Waals surface area (Å²) in [5.74, 6) is -0.152. The summed E-state index contributed by atoms with van der Waals surface area (Å²) in [4.78, 5) is 6.15. The number of nitrogens with zero attached hydrogens (tertiary/aromatic N) is 1. The Bertz CT molecular complexity index is 621. The first-order valence-electron chi connectivity index (χ1n) is 7.18. The third-order valence-corrected chi connectivity index (χ3v) is 5.07. The number of fused-ring (bicyclic) bond motifs is 1. The van der Waals surface area contributed by atoms with Crippen LogP contribution in [0.4, 0.5) is 4.39 Å². The predicted molar refractivity (Wildman–Crippen MR) is 81.6 cm³/mol. The van der Waals surface area contributed by atoms with Crippen molar-refractivity contribution < 1.29 is 4.39 Å². The number of halogens is 1. The molecule has 0 fully saturated rings. The number of hydrogen-bond donors (Lipinski definition) is 1. The lowest BCUT2D eigenvalue weighted by Gasteiger charge is -2.21. The molecule has 0 amide bonds. The van der Waals surface area contributed by atoms with Crippen molar-refractivity contribution in [1.82, 2.24) is 10.3 Å². The number of nitrogens with one attached hydrogen (secondary N) is 1. The number of aryl methyl sites for hydroxylation is 2. The zero-order valence-corrected chi connectivity index (χ0v) is 12.7. The van der Waals surface area contributed by atoms with E-state index >= 15 is 0 Å². The largest absolute Gasteiger partial charge is 0.309 e. The SMILES string of the molecule is CCNC1CCCc2nc(-c3ccc(F)c(C)c3)sc21. The van der Waals surface area contributed by atoms with E-state index in [1.54, 1.807) is 18.3 Å². The summed E-state index contributed by atoms with van der Waals surface area (Å²) in [5.41, 5.74) is 2.93. The van der Waals surface area contributed by atoms with Crippen molar-refractivity contribution >= 4 is 11.3 Å². The molecule has 0 saturated carbocycles. The molecule has 0 bridgehead atoms. The lowest BCUT2D eigenvalue weighted by Crippen LogP contribution is -2.23. The van der Waals surface area contributed by atoms with Crippen LogP contribution in [0.5, 0.6) is 0 Å². The van der Waals surface area contributed by atoms with Crippen LogP contribution in [0.15, 0.2) is 18.2 Å². The third-order valence-electron chi connectivity index (χ3n) is 3.81. The summed E-state index contributed by atoms with van der Waals surface area (Å²) in [6.07, 6.45) is 3.44. The molecule has 0 spiro atoms. The van der Waals surface area contributed by atoms with Gasteiger partial charge in [0.2, 0.25) is 0 Å². The molecule has 1 unspecified atom stereocenters. The number of aromatic nitrogens is 1. The number of benzene rings is 1. The highest BCUT2D eigenvalue weighted by Gasteiger charge is 2.24. The van der Waals surface area contributed by atoms with Crippen LogP contribution in [0, 0.1) is 12.7 Å². The second kappa shape index (κ2) is 5.62. The van der Waals surface area contributed by atoms with Crippen LogP contribution in [0.1, 0.15) is 41.9 Å². The van der Waals surface area contributed by atoms with Gasteiger partial charge in [0.1, 0.15) is 10.8 Å². The van der Waals surface area contributed by atoms with E-state index in [1.807, 2.05) is 12.1 Å². The molecular weight excluding hydrogens is 271 g/mol. The van der Waals surface area contributed by atoms with Gasteiger partial charge in [-0.05, 0) is 56.5 Å². The molecule has 2 nitrogen and oxygen atoms in total. The van der Waals surface area contributed by atoms with Gasteiger partial charge in [-0.1, -0.05) is 6.92 Å². The van der Waals surface area contributed by atoms with Crippen molar-refractivity contribution in [2.24, 2.45) is 0 Å². The van der Waals surface area contributed by atoms with E-state index in [4.69, 9.17) is 4.98 Å². The monoisotopic (exact) mass is 290 g/mol. The van der Waals surface area contributed by atoms with E-state index in [2.05, 4.69) is 12.2 Å². The summed E-state index contributed by atoms with van der Waals surface area (Å²) in [6.45, 7) is 4.92. The van der Waals surface area contributed by atoms with Gasteiger partial charge in [-0.2, -0.15) is 0 Å². The maximum Gasteiger partial charge on any atom is 0.126 e. The van der Waals surface area contributed by atoms with Crippen LogP contribution in [0.25, 0.3) is 10.6 Å². The molecule has 0 saturated heterocycles. The summed E-state index contributed by atoms with van der Waals surface area (Å²) in [5, 5.41) is 4.55. The van der Waals surface area contributed by atoms with Crippen LogP contribution in [-0.4, -0.2) is 11.5 Å². The van der Waals surface area contributed by atoms with Gasteiger partial charge in [0.05, 0.1) is 5.69 Å². The maximum atomic E-state index is 13.4. The minimum absolute atomic E-state index is 0.152. The highest BCUT2D eigenvalue weighted by molar-refractivity contribution is 7.15. The lowest BCUT2D eigenvalue weighted by molar-refractivity contribution is 0.476. The molecule has 3 rings (SSSR count). The molecule has 20 heavy (non-hydrogen) atoms. The molecule has 1 aromatic heterocycles. The van der Waals surface area contributed by atoms with E-state index in [1.165, 1.54) is 29.5 Å². The second-order valence-corrected chi connectivity index (χ2v) is 6.33. The van der Waals surface area contributed by atoms with E-state index in [9.17, 15) is 4.39 Å². The summed E-state index contributed by atoms with van der Waals surface area (Å²) < 4.78 is 13.4. The molecule has 1 N–H and O–H groups in total. The Kier molecular flexibility index (Phi) is 3.85. The van der Waals surface area contributed by atoms with Crippen LogP contribution in [0.3, 0.4) is 0 Å². The summed E-state index contributed by atoms with van der Waals surface area (Å²) in [7, 11) is 0. The van der Waals surface area contributed by atoms with Gasteiger partial charge < -0.3 is 5.32 Å². The van der Waals surface area contributed by atoms with Gasteiger partial charge in [-0.3, -0.25) is 0 Å². The Balaban J connectivity index is 1.97. The fraction of sp³-hybridized carbons (Fsp3) is 0.438. The van der Waals surface area contributed by atoms with Gasteiger partial charge >= 0.3 is 0 Å². The minimum Gasteiger partial charge on any atom is -0.309 e. The molecule has 1 aliphatic carbocycles. The smallest absolute Gasteiger partial charge is 0.126 e. The number of thiazole rings is 1. The molecule has 2 aromatic rings. The summed E-state index contributed by atoms with van der Waals surface area (Å²) in [6, 6.07) is 5.69. The van der Waals surface area contributed by atoms with Crippen molar-refractivity contribution in [3.8, 4) is 10.6 Å². The molecule has 1 atom stereocenters. The number of rotatable bonds is 3. The van der Waals surface area contributed by atoms with E-state index in [0.29, 0.717) is 11.6 Å². The van der Waals surface area contributed by atoms with Gasteiger partial charge in [0.15, 0.2) is 0 Å². The normalized spacial score (nSPS) is 18.1. The summed E-state index contributed by atoms with van der Waals surface area (Å²) >= 11 is 1.75. The van der Waals surface area contributed by atoms with Gasteiger partial charge in [0, 0.05) is 16.5 Å². The van der Waals surface area contributed by atoms with Crippen LogP contribution < -0.4 is 5.32 Å². The van der Waals surface area contributed by atoms with E-state index in [-0.39, 0.29) is 5.82 Å². The first-order chi connectivity index (χ1) is 9.69. The Morgan fingerprint density at radius 3 is 3.05 bits per heavy atom. The van der Waals surface area contributed by atoms with Crippen LogP contribution in [0.2, 0.25) is 0 Å². The Morgan fingerprint density at radius 2 is 2.30 bits per heavy atom. The molecule has 1 aliphatic rings. The first-order valence-corrected chi connectivity index (χ1v) is 8.00. The van der Waals surface area contributed by atoms with E-state index < -0.39 is 0 Å². The first kappa shape index (κ1) is 13.7. The predicted octanol–water partition coefficient (Wildman–Crippen LogP) is 4.24. The van der Waals surface area contributed by atoms with Gasteiger partial charge in [-0.25, -0.2) is 9.37 Å². The standard InChI is InChI=1S/C16H19FN2S/c1-3-18-13-5-4-6-14-15(13)20-16(19-14)11-7-8-12(17)10(2)9-11/h7-9,13,18H,3-6H2,1-2H3. The molecule has 4 heteroatoms. The van der Waals surface area contributed by atoms with Gasteiger partial charge in [-0.15, -0.1) is 11.3 Å². The molecule has 0 aliphatic heterocycles. The minimum atomic E-state index is -0.152. The molecular formula is C16H19FN2S. The topological polar surface area (TPSA) is 24.9 Å². The van der Waals surface area contributed by atoms with Crippen molar-refractivity contribution in [1.29, 1.82) is 0 Å². The maximum absolute atomic E-state index is 13.4. The van der Waals surface area contributed by atoms with Crippen molar-refractivity contribution in [3.63, 3.8) is 0 Å². The zero-order valence-electron chi connectivity index (χ0n) is 11.9. The fourth-order valence-electron chi connectivity index (χ4n) is 2.76. The molecule has 1 heterocycles. The average molecular weight is 290 g/mol. The molecule has 106 valence electrons. The Hall–Kier alpha value is -1.26. The van der Waals surface area contributed by atoms with Gasteiger partial charge in [0.25, 0.3) is 0 Å². The number of hydrogen-bond acceptors (Lipinski definition) is 3.